The van der Waals surface area contributed by atoms with Crippen molar-refractivity contribution in [3.63, 3.8) is 0 Å². The van der Waals surface area contributed by atoms with Gasteiger partial charge < -0.3 is 10.5 Å². The number of ether oxygens (including phenoxy) is 1. The molecule has 1 aliphatic heterocycles. The van der Waals surface area contributed by atoms with Gasteiger partial charge in [0.05, 0.1) is 6.61 Å². The number of nitrogens with two attached hydrogens (primary N) is 1. The molecule has 2 aliphatic rings. The topological polar surface area (TPSA) is 35.2 Å². The van der Waals surface area contributed by atoms with E-state index in [9.17, 15) is 0 Å². The minimum atomic E-state index is -0.190. The van der Waals surface area contributed by atoms with Gasteiger partial charge in [-0.25, -0.2) is 0 Å². The van der Waals surface area contributed by atoms with Crippen molar-refractivity contribution in [1.82, 2.24) is 0 Å². The van der Waals surface area contributed by atoms with E-state index < -0.39 is 0 Å². The van der Waals surface area contributed by atoms with Crippen molar-refractivity contribution in [2.45, 2.75) is 31.2 Å². The van der Waals surface area contributed by atoms with Crippen molar-refractivity contribution in [1.29, 1.82) is 0 Å². The van der Waals surface area contributed by atoms with Crippen LogP contribution in [0.2, 0.25) is 0 Å². The van der Waals surface area contributed by atoms with E-state index in [1.165, 1.54) is 22.3 Å². The van der Waals surface area contributed by atoms with E-state index in [-0.39, 0.29) is 5.54 Å². The van der Waals surface area contributed by atoms with Gasteiger partial charge >= 0.3 is 0 Å². The largest absolute Gasteiger partial charge is 0.493 e. The van der Waals surface area contributed by atoms with Crippen LogP contribution in [0.5, 0.6) is 5.75 Å². The number of hydrogen-bond acceptors (Lipinski definition) is 2. The Hall–Kier alpha value is -1.32. The molecule has 2 nitrogen and oxygen atoms in total. The second-order valence-electron chi connectivity index (χ2n) is 6.31. The standard InChI is InChI=1S/C18H18BrNO/c19-16-7-12-5-6-21-17(12)15(8-16)11-18(20)9-13-3-1-2-4-14(13)10-18/h1-4,7-8H,5-6,9-11,20H2. The lowest BCUT2D eigenvalue weighted by molar-refractivity contribution is 0.347. The first-order valence-corrected chi connectivity index (χ1v) is 8.22. The van der Waals surface area contributed by atoms with Crippen LogP contribution in [0, 0.1) is 0 Å². The molecule has 0 spiro atoms. The molecule has 0 saturated heterocycles. The smallest absolute Gasteiger partial charge is 0.125 e. The van der Waals surface area contributed by atoms with Crippen LogP contribution in [0.4, 0.5) is 0 Å². The summed E-state index contributed by atoms with van der Waals surface area (Å²) in [5.74, 6) is 1.07. The number of halogens is 1. The lowest BCUT2D eigenvalue weighted by Gasteiger charge is -2.25. The molecule has 2 aromatic carbocycles. The molecule has 1 heterocycles. The molecule has 0 radical (unpaired) electrons. The molecule has 0 fully saturated rings. The average molecular weight is 344 g/mol. The van der Waals surface area contributed by atoms with Crippen LogP contribution < -0.4 is 10.5 Å². The van der Waals surface area contributed by atoms with Crippen LogP contribution in [0.3, 0.4) is 0 Å². The minimum Gasteiger partial charge on any atom is -0.493 e. The van der Waals surface area contributed by atoms with Crippen molar-refractivity contribution in [3.8, 4) is 5.75 Å². The molecule has 108 valence electrons. The fraction of sp³-hybridized carbons (Fsp3) is 0.333. The maximum Gasteiger partial charge on any atom is 0.125 e. The van der Waals surface area contributed by atoms with Crippen molar-refractivity contribution >= 4 is 15.9 Å². The molecule has 21 heavy (non-hydrogen) atoms. The van der Waals surface area contributed by atoms with Crippen LogP contribution in [0.25, 0.3) is 0 Å². The fourth-order valence-corrected chi connectivity index (χ4v) is 4.26. The molecule has 0 unspecified atom stereocenters. The Labute approximate surface area is 133 Å². The van der Waals surface area contributed by atoms with Crippen LogP contribution in [0.1, 0.15) is 22.3 Å². The molecule has 0 aromatic heterocycles. The highest BCUT2D eigenvalue weighted by molar-refractivity contribution is 9.10. The zero-order valence-corrected chi connectivity index (χ0v) is 13.4. The van der Waals surface area contributed by atoms with Crippen LogP contribution >= 0.6 is 15.9 Å². The zero-order chi connectivity index (χ0) is 14.4. The van der Waals surface area contributed by atoms with Crippen LogP contribution in [-0.2, 0) is 25.7 Å². The highest BCUT2D eigenvalue weighted by Gasteiger charge is 2.35. The fourth-order valence-electron chi connectivity index (χ4n) is 3.71. The van der Waals surface area contributed by atoms with Gasteiger partial charge in [0.15, 0.2) is 0 Å². The number of hydrogen-bond donors (Lipinski definition) is 1. The molecule has 3 heteroatoms. The molecule has 0 amide bonds. The third-order valence-electron chi connectivity index (χ3n) is 4.57. The van der Waals surface area contributed by atoms with Gasteiger partial charge in [-0.05, 0) is 53.6 Å². The van der Waals surface area contributed by atoms with Crippen molar-refractivity contribution in [2.24, 2.45) is 5.73 Å². The van der Waals surface area contributed by atoms with Crippen molar-refractivity contribution < 1.29 is 4.74 Å². The Morgan fingerprint density at radius 3 is 2.52 bits per heavy atom. The van der Waals surface area contributed by atoms with Crippen molar-refractivity contribution in [2.75, 3.05) is 6.61 Å². The number of benzene rings is 2. The van der Waals surface area contributed by atoms with Gasteiger partial charge in [0, 0.05) is 16.4 Å². The van der Waals surface area contributed by atoms with E-state index in [1.807, 2.05) is 0 Å². The van der Waals surface area contributed by atoms with E-state index >= 15 is 0 Å². The Bertz CT molecular complexity index is 685. The van der Waals surface area contributed by atoms with Crippen LogP contribution in [0.15, 0.2) is 40.9 Å². The highest BCUT2D eigenvalue weighted by atomic mass is 79.9. The third-order valence-corrected chi connectivity index (χ3v) is 5.03. The lowest BCUT2D eigenvalue weighted by atomic mass is 9.88. The summed E-state index contributed by atoms with van der Waals surface area (Å²) in [6.45, 7) is 0.788. The Balaban J connectivity index is 1.66. The second-order valence-corrected chi connectivity index (χ2v) is 7.23. The predicted molar refractivity (Wildman–Crippen MR) is 87.8 cm³/mol. The van der Waals surface area contributed by atoms with Gasteiger partial charge in [-0.1, -0.05) is 40.2 Å². The predicted octanol–water partition coefficient (Wildman–Crippen LogP) is 3.42. The quantitative estimate of drug-likeness (QED) is 0.906. The summed E-state index contributed by atoms with van der Waals surface area (Å²) in [5, 5.41) is 0. The van der Waals surface area contributed by atoms with Gasteiger partial charge in [-0.2, -0.15) is 0 Å². The summed E-state index contributed by atoms with van der Waals surface area (Å²) in [6.07, 6.45) is 3.76. The molecule has 0 atom stereocenters. The van der Waals surface area contributed by atoms with E-state index in [2.05, 4.69) is 52.3 Å². The maximum atomic E-state index is 6.71. The maximum absolute atomic E-state index is 6.71. The summed E-state index contributed by atoms with van der Waals surface area (Å²) in [5.41, 5.74) is 11.9. The third kappa shape index (κ3) is 2.39. The van der Waals surface area contributed by atoms with E-state index in [1.54, 1.807) is 0 Å². The normalized spacial score (nSPS) is 18.2. The molecule has 0 saturated carbocycles. The Morgan fingerprint density at radius 2 is 1.81 bits per heavy atom. The lowest BCUT2D eigenvalue weighted by Crippen LogP contribution is -2.43. The van der Waals surface area contributed by atoms with Crippen LogP contribution in [-0.4, -0.2) is 12.1 Å². The summed E-state index contributed by atoms with van der Waals surface area (Å²) < 4.78 is 6.97. The first-order valence-electron chi connectivity index (χ1n) is 7.43. The average Bonchev–Trinajstić information content (AvgIpc) is 3.01. The summed E-state index contributed by atoms with van der Waals surface area (Å²) >= 11 is 3.61. The number of rotatable bonds is 2. The SMILES string of the molecule is NC1(Cc2cc(Br)cc3c2OCC3)Cc2ccccc2C1. The molecule has 0 bridgehead atoms. The van der Waals surface area contributed by atoms with E-state index in [0.717, 1.165) is 42.5 Å². The molecule has 2 aromatic rings. The number of fused-ring (bicyclic) bond motifs is 2. The van der Waals surface area contributed by atoms with E-state index in [0.29, 0.717) is 0 Å². The Kier molecular flexibility index (Phi) is 3.09. The molecule has 1 aliphatic carbocycles. The second kappa shape index (κ2) is 4.85. The highest BCUT2D eigenvalue weighted by Crippen LogP contribution is 2.38. The van der Waals surface area contributed by atoms with Gasteiger partial charge in [-0.15, -0.1) is 0 Å². The van der Waals surface area contributed by atoms with Crippen molar-refractivity contribution in [3.05, 3.63) is 63.1 Å². The Morgan fingerprint density at radius 1 is 1.10 bits per heavy atom. The molecule has 4 rings (SSSR count). The van der Waals surface area contributed by atoms with Gasteiger partial charge in [0.25, 0.3) is 0 Å². The summed E-state index contributed by atoms with van der Waals surface area (Å²) in [4.78, 5) is 0. The van der Waals surface area contributed by atoms with Gasteiger partial charge in [0.1, 0.15) is 5.75 Å². The molecular weight excluding hydrogens is 326 g/mol. The summed E-state index contributed by atoms with van der Waals surface area (Å²) in [7, 11) is 0. The first kappa shape index (κ1) is 13.4. The monoisotopic (exact) mass is 343 g/mol. The zero-order valence-electron chi connectivity index (χ0n) is 11.9. The molecule has 2 N–H and O–H groups in total. The van der Waals surface area contributed by atoms with Gasteiger partial charge in [-0.3, -0.25) is 0 Å². The first-order chi connectivity index (χ1) is 10.1. The summed E-state index contributed by atoms with van der Waals surface area (Å²) in [6, 6.07) is 12.9. The minimum absolute atomic E-state index is 0.190. The molecular formula is C18H18BrNO. The van der Waals surface area contributed by atoms with E-state index in [4.69, 9.17) is 10.5 Å². The van der Waals surface area contributed by atoms with Gasteiger partial charge in [0.2, 0.25) is 0 Å².